The van der Waals surface area contributed by atoms with Crippen LogP contribution in [-0.2, 0) is 32.9 Å². The van der Waals surface area contributed by atoms with E-state index >= 15 is 0 Å². The number of nitrogens with zero attached hydrogens (tertiary/aromatic N) is 2. The number of fused-ring (bicyclic) bond motifs is 3. The summed E-state index contributed by atoms with van der Waals surface area (Å²) in [5.74, 6) is 0.604. The summed E-state index contributed by atoms with van der Waals surface area (Å²) in [6.45, 7) is 18.5. The van der Waals surface area contributed by atoms with Crippen LogP contribution in [0.25, 0.3) is 55.6 Å². The number of furan rings is 1. The van der Waals surface area contributed by atoms with E-state index in [1.54, 1.807) is 0 Å². The summed E-state index contributed by atoms with van der Waals surface area (Å²) in [4.78, 5) is 9.32. The van der Waals surface area contributed by atoms with Crippen molar-refractivity contribution < 1.29 is 24.5 Å². The SMILES string of the molecule is CC(C)(C)Cc1cc(-c2[c-]cccc2)ncc1[Si](C)(C)C.CC(C)Cc1ccnc(-c2[c-]ccc3c2oc2cc(-c4ccccc4)ccc23)c1.[Ir]. The third kappa shape index (κ3) is 9.40. The molecule has 0 fully saturated rings. The third-order valence-corrected chi connectivity index (χ3v) is 10.8. The quantitative estimate of drug-likeness (QED) is 0.118. The Bertz CT molecular complexity index is 2210. The Balaban J connectivity index is 0.000000205. The van der Waals surface area contributed by atoms with Crippen LogP contribution in [0.15, 0.2) is 120 Å². The van der Waals surface area contributed by atoms with Crippen LogP contribution in [0.2, 0.25) is 19.6 Å². The summed E-state index contributed by atoms with van der Waals surface area (Å²) in [6, 6.07) is 42.1. The van der Waals surface area contributed by atoms with Gasteiger partial charge in [-0.1, -0.05) is 131 Å². The molecule has 3 heterocycles. The monoisotopic (exact) mass is 865 g/mol. The maximum Gasteiger partial charge on any atom is 0.121 e. The molecule has 5 heteroatoms. The predicted octanol–water partition coefficient (Wildman–Crippen LogP) is 12.0. The van der Waals surface area contributed by atoms with E-state index in [-0.39, 0.29) is 25.5 Å². The second-order valence-electron chi connectivity index (χ2n) is 15.9. The van der Waals surface area contributed by atoms with Crippen molar-refractivity contribution >= 4 is 35.2 Å². The van der Waals surface area contributed by atoms with E-state index in [1.807, 2.05) is 36.5 Å². The smallest absolute Gasteiger partial charge is 0.121 e. The maximum atomic E-state index is 6.35. The number of hydrogen-bond acceptors (Lipinski definition) is 3. The second-order valence-corrected chi connectivity index (χ2v) is 21.0. The standard InChI is InChI=1S/C27H22NO.C19H26NSi.Ir/c1-18(2)15-19-13-14-28-25(16-19)24-10-6-9-23-22-12-11-21(17-26(22)29-27(23)24)20-7-4-3-5-8-20;1-19(2,3)13-16-12-17(15-10-8-7-9-11-15)20-14-18(16)21(4,5)6;/h3-9,11-14,16-18H,15H2,1-2H3;7-10,12,14H,13H2,1-6H3;/q2*-1;. The molecule has 0 saturated heterocycles. The number of aromatic nitrogens is 2. The van der Waals surface area contributed by atoms with Crippen LogP contribution in [-0.4, -0.2) is 18.0 Å². The molecule has 3 aromatic heterocycles. The van der Waals surface area contributed by atoms with Gasteiger partial charge in [-0.25, -0.2) is 0 Å². The largest absolute Gasteiger partial charge is 0.501 e. The van der Waals surface area contributed by atoms with E-state index < -0.39 is 8.07 Å². The van der Waals surface area contributed by atoms with Gasteiger partial charge >= 0.3 is 0 Å². The van der Waals surface area contributed by atoms with Crippen LogP contribution >= 0.6 is 0 Å². The first-order valence-electron chi connectivity index (χ1n) is 17.7. The van der Waals surface area contributed by atoms with Crippen molar-refractivity contribution in [1.29, 1.82) is 0 Å². The summed E-state index contributed by atoms with van der Waals surface area (Å²) in [5.41, 5.74) is 11.1. The van der Waals surface area contributed by atoms with Crippen LogP contribution < -0.4 is 5.19 Å². The summed E-state index contributed by atoms with van der Waals surface area (Å²) < 4.78 is 6.35. The third-order valence-electron chi connectivity index (χ3n) is 8.77. The molecule has 7 aromatic rings. The molecule has 0 atom stereocenters. The first kappa shape index (κ1) is 38.1. The Morgan fingerprint density at radius 1 is 0.745 bits per heavy atom. The van der Waals surface area contributed by atoms with Crippen LogP contribution in [0.3, 0.4) is 0 Å². The van der Waals surface area contributed by atoms with Crippen LogP contribution in [0.5, 0.6) is 0 Å². The number of pyridine rings is 2. The van der Waals surface area contributed by atoms with Gasteiger partial charge in [-0.3, -0.25) is 0 Å². The molecular weight excluding hydrogens is 817 g/mol. The normalized spacial score (nSPS) is 11.7. The fourth-order valence-electron chi connectivity index (χ4n) is 6.54. The molecule has 0 aliphatic rings. The molecule has 263 valence electrons. The van der Waals surface area contributed by atoms with E-state index in [4.69, 9.17) is 9.40 Å². The van der Waals surface area contributed by atoms with Gasteiger partial charge in [0.05, 0.1) is 13.7 Å². The molecule has 0 bridgehead atoms. The maximum absolute atomic E-state index is 6.35. The van der Waals surface area contributed by atoms with Gasteiger partial charge in [-0.2, -0.15) is 0 Å². The molecular formula is C46H48IrN2OSi-2. The van der Waals surface area contributed by atoms with Crippen molar-refractivity contribution in [3.05, 3.63) is 139 Å². The van der Waals surface area contributed by atoms with Crippen molar-refractivity contribution in [1.82, 2.24) is 9.97 Å². The van der Waals surface area contributed by atoms with Crippen molar-refractivity contribution in [2.45, 2.75) is 67.1 Å². The van der Waals surface area contributed by atoms with Crippen LogP contribution in [0.1, 0.15) is 45.7 Å². The molecule has 51 heavy (non-hydrogen) atoms. The molecule has 0 aliphatic heterocycles. The number of hydrogen-bond donors (Lipinski definition) is 0. The first-order chi connectivity index (χ1) is 23.9. The van der Waals surface area contributed by atoms with E-state index in [1.165, 1.54) is 21.9 Å². The average molecular weight is 865 g/mol. The van der Waals surface area contributed by atoms with Crippen molar-refractivity contribution in [2.75, 3.05) is 0 Å². The minimum Gasteiger partial charge on any atom is -0.501 e. The van der Waals surface area contributed by atoms with Crippen LogP contribution in [0, 0.1) is 23.5 Å². The van der Waals surface area contributed by atoms with Gasteiger partial charge in [-0.05, 0) is 64.0 Å². The van der Waals surface area contributed by atoms with Gasteiger partial charge in [0, 0.05) is 37.9 Å². The number of benzene rings is 4. The Labute approximate surface area is 319 Å². The molecule has 3 nitrogen and oxygen atoms in total. The molecule has 0 N–H and O–H groups in total. The zero-order valence-corrected chi connectivity index (χ0v) is 34.5. The molecule has 4 aromatic carbocycles. The fourth-order valence-corrected chi connectivity index (χ4v) is 8.12. The van der Waals surface area contributed by atoms with Crippen LogP contribution in [0.4, 0.5) is 0 Å². The molecule has 0 unspecified atom stereocenters. The van der Waals surface area contributed by atoms with Gasteiger partial charge in [0.1, 0.15) is 5.58 Å². The topological polar surface area (TPSA) is 38.9 Å². The Hall–Kier alpha value is -4.15. The minimum absolute atomic E-state index is 0. The molecule has 0 spiro atoms. The van der Waals surface area contributed by atoms with Gasteiger partial charge < -0.3 is 14.4 Å². The van der Waals surface area contributed by atoms with Gasteiger partial charge in [0.25, 0.3) is 0 Å². The molecule has 0 aliphatic carbocycles. The molecule has 0 amide bonds. The number of rotatable bonds is 7. The Morgan fingerprint density at radius 3 is 2.20 bits per heavy atom. The van der Waals surface area contributed by atoms with E-state index in [0.29, 0.717) is 5.92 Å². The fraction of sp³-hybridized carbons (Fsp3) is 0.261. The second kappa shape index (κ2) is 16.0. The van der Waals surface area contributed by atoms with Crippen molar-refractivity contribution in [3.63, 3.8) is 0 Å². The molecule has 7 rings (SSSR count). The zero-order valence-electron chi connectivity index (χ0n) is 31.1. The van der Waals surface area contributed by atoms with Crippen molar-refractivity contribution in [3.8, 4) is 33.6 Å². The Morgan fingerprint density at radius 2 is 1.51 bits per heavy atom. The van der Waals surface area contributed by atoms with Gasteiger partial charge in [0.15, 0.2) is 0 Å². The zero-order chi connectivity index (χ0) is 35.5. The van der Waals surface area contributed by atoms with Gasteiger partial charge in [-0.15, -0.1) is 54.1 Å². The van der Waals surface area contributed by atoms with E-state index in [9.17, 15) is 0 Å². The Kier molecular flexibility index (Phi) is 12.0. The summed E-state index contributed by atoms with van der Waals surface area (Å²) >= 11 is 0. The molecule has 0 saturated carbocycles. The summed E-state index contributed by atoms with van der Waals surface area (Å²) in [6.07, 6.45) is 6.13. The van der Waals surface area contributed by atoms with E-state index in [2.05, 4.69) is 150 Å². The minimum atomic E-state index is -1.37. The summed E-state index contributed by atoms with van der Waals surface area (Å²) in [7, 11) is -1.37. The summed E-state index contributed by atoms with van der Waals surface area (Å²) in [5, 5.41) is 3.70. The van der Waals surface area contributed by atoms with Gasteiger partial charge in [0.2, 0.25) is 0 Å². The predicted molar refractivity (Wildman–Crippen MR) is 214 cm³/mol. The van der Waals surface area contributed by atoms with E-state index in [0.717, 1.165) is 62.9 Å². The molecule has 1 radical (unpaired) electrons. The first-order valence-corrected chi connectivity index (χ1v) is 21.2. The van der Waals surface area contributed by atoms with Crippen molar-refractivity contribution in [2.24, 2.45) is 11.3 Å². The average Bonchev–Trinajstić information content (AvgIpc) is 3.46.